The lowest BCUT2D eigenvalue weighted by molar-refractivity contribution is 0.410. The summed E-state index contributed by atoms with van der Waals surface area (Å²) in [6.07, 6.45) is 0. The highest BCUT2D eigenvalue weighted by Crippen LogP contribution is 2.41. The molecule has 0 amide bonds. The number of hydrogen-bond acceptors (Lipinski definition) is 6. The van der Waals surface area contributed by atoms with Crippen molar-refractivity contribution in [3.63, 3.8) is 0 Å². The van der Waals surface area contributed by atoms with Crippen LogP contribution in [0.4, 0.5) is 5.69 Å². The van der Waals surface area contributed by atoms with Crippen LogP contribution in [-0.2, 0) is 20.0 Å². The minimum atomic E-state index is -4.09. The maximum absolute atomic E-state index is 13.4. The van der Waals surface area contributed by atoms with Gasteiger partial charge in [-0.05, 0) is 81.0 Å². The first-order valence-electron chi connectivity index (χ1n) is 9.07. The van der Waals surface area contributed by atoms with Crippen molar-refractivity contribution in [1.29, 1.82) is 0 Å². The number of nitrogens with two attached hydrogens (primary N) is 1. The van der Waals surface area contributed by atoms with Crippen LogP contribution in [0.1, 0.15) is 33.4 Å². The van der Waals surface area contributed by atoms with Gasteiger partial charge < -0.3 is 9.47 Å². The van der Waals surface area contributed by atoms with E-state index in [-0.39, 0.29) is 26.8 Å². The van der Waals surface area contributed by atoms with E-state index in [1.165, 1.54) is 21.1 Å². The van der Waals surface area contributed by atoms with Crippen LogP contribution < -0.4 is 19.3 Å². The third kappa shape index (κ3) is 3.99. The number of primary sulfonamides is 1. The fourth-order valence-corrected chi connectivity index (χ4v) is 6.49. The lowest BCUT2D eigenvalue weighted by atomic mass is 10.0. The Morgan fingerprint density at radius 2 is 1.30 bits per heavy atom. The smallest absolute Gasteiger partial charge is 0.262 e. The number of ether oxygens (including phenoxy) is 2. The summed E-state index contributed by atoms with van der Waals surface area (Å²) in [6, 6.07) is 1.65. The molecular weight excluding hydrogens is 428 g/mol. The van der Waals surface area contributed by atoms with E-state index in [0.717, 1.165) is 0 Å². The molecule has 0 heterocycles. The van der Waals surface area contributed by atoms with Gasteiger partial charge in [-0.25, -0.2) is 22.0 Å². The summed E-state index contributed by atoms with van der Waals surface area (Å²) in [5, 5.41) is 5.40. The normalized spacial score (nSPS) is 12.0. The number of benzene rings is 2. The molecule has 0 radical (unpaired) electrons. The van der Waals surface area contributed by atoms with Gasteiger partial charge in [0.1, 0.15) is 11.5 Å². The first-order chi connectivity index (χ1) is 13.7. The van der Waals surface area contributed by atoms with Crippen molar-refractivity contribution in [3.8, 4) is 11.5 Å². The standard InChI is InChI=1S/C20H28N2O6S2/c1-10-9-16(27-7)11(2)13(4)19(10)30(25,26)22-17-15(6)20(29(21,23)24)14(5)12(3)18(17)28-8/h9,22H,1-8H3,(H2,21,23,24). The highest BCUT2D eigenvalue weighted by molar-refractivity contribution is 7.93. The van der Waals surface area contributed by atoms with E-state index in [4.69, 9.17) is 14.6 Å². The highest BCUT2D eigenvalue weighted by Gasteiger charge is 2.29. The first kappa shape index (κ1) is 24.0. The number of anilines is 1. The molecule has 166 valence electrons. The average molecular weight is 457 g/mol. The van der Waals surface area contributed by atoms with Crippen molar-refractivity contribution < 1.29 is 26.3 Å². The third-order valence-electron chi connectivity index (χ3n) is 5.38. The van der Waals surface area contributed by atoms with Crippen molar-refractivity contribution in [2.45, 2.75) is 51.3 Å². The van der Waals surface area contributed by atoms with Gasteiger partial charge in [0.15, 0.2) is 0 Å². The summed E-state index contributed by atoms with van der Waals surface area (Å²) in [5.41, 5.74) is 2.81. The lowest BCUT2D eigenvalue weighted by Gasteiger charge is -2.22. The van der Waals surface area contributed by atoms with Crippen molar-refractivity contribution in [3.05, 3.63) is 39.4 Å². The van der Waals surface area contributed by atoms with E-state index in [9.17, 15) is 16.8 Å². The molecule has 0 aliphatic carbocycles. The van der Waals surface area contributed by atoms with Gasteiger partial charge in [0.25, 0.3) is 10.0 Å². The lowest BCUT2D eigenvalue weighted by Crippen LogP contribution is -2.21. The van der Waals surface area contributed by atoms with Crippen LogP contribution in [0.25, 0.3) is 0 Å². The Labute approximate surface area is 178 Å². The van der Waals surface area contributed by atoms with Crippen LogP contribution in [0.2, 0.25) is 0 Å². The van der Waals surface area contributed by atoms with Crippen LogP contribution in [0, 0.1) is 41.5 Å². The van der Waals surface area contributed by atoms with Crippen molar-refractivity contribution >= 4 is 25.7 Å². The Bertz CT molecular complexity index is 1230. The zero-order valence-corrected chi connectivity index (χ0v) is 20.1. The van der Waals surface area contributed by atoms with Gasteiger partial charge in [-0.3, -0.25) is 4.72 Å². The van der Waals surface area contributed by atoms with Gasteiger partial charge in [-0.2, -0.15) is 0 Å². The molecule has 0 spiro atoms. The average Bonchev–Trinajstić information content (AvgIpc) is 2.61. The quantitative estimate of drug-likeness (QED) is 0.688. The molecule has 3 N–H and O–H groups in total. The van der Waals surface area contributed by atoms with Crippen molar-refractivity contribution in [2.75, 3.05) is 18.9 Å². The maximum Gasteiger partial charge on any atom is 0.262 e. The fraction of sp³-hybridized carbons (Fsp3) is 0.400. The van der Waals surface area contributed by atoms with Crippen LogP contribution in [0.15, 0.2) is 15.9 Å². The predicted octanol–water partition coefficient (Wildman–Crippen LogP) is 3.00. The van der Waals surface area contributed by atoms with Gasteiger partial charge in [-0.1, -0.05) is 0 Å². The van der Waals surface area contributed by atoms with E-state index in [1.807, 2.05) is 0 Å². The molecule has 2 aromatic rings. The van der Waals surface area contributed by atoms with E-state index in [1.54, 1.807) is 40.7 Å². The predicted molar refractivity (Wildman–Crippen MR) is 117 cm³/mol. The van der Waals surface area contributed by atoms with E-state index in [0.29, 0.717) is 33.6 Å². The van der Waals surface area contributed by atoms with Gasteiger partial charge in [-0.15, -0.1) is 0 Å². The number of sulfonamides is 2. The van der Waals surface area contributed by atoms with Crippen molar-refractivity contribution in [2.24, 2.45) is 5.14 Å². The molecule has 8 nitrogen and oxygen atoms in total. The summed E-state index contributed by atoms with van der Waals surface area (Å²) in [5.74, 6) is 0.821. The molecule has 0 aromatic heterocycles. The second-order valence-corrected chi connectivity index (χ2v) is 10.4. The van der Waals surface area contributed by atoms with Crippen LogP contribution in [0.3, 0.4) is 0 Å². The third-order valence-corrected chi connectivity index (χ3v) is 8.20. The second kappa shape index (κ2) is 8.09. The summed E-state index contributed by atoms with van der Waals surface area (Å²) in [6.45, 7) is 9.88. The highest BCUT2D eigenvalue weighted by atomic mass is 32.2. The molecule has 2 aromatic carbocycles. The van der Waals surface area contributed by atoms with E-state index < -0.39 is 20.0 Å². The second-order valence-electron chi connectivity index (χ2n) is 7.24. The molecule has 0 unspecified atom stereocenters. The Morgan fingerprint density at radius 1 is 0.767 bits per heavy atom. The number of methoxy groups -OCH3 is 2. The number of hydrogen-bond donors (Lipinski definition) is 2. The zero-order valence-electron chi connectivity index (χ0n) is 18.4. The van der Waals surface area contributed by atoms with Crippen LogP contribution in [0.5, 0.6) is 11.5 Å². The summed E-state index contributed by atoms with van der Waals surface area (Å²) >= 11 is 0. The molecule has 0 aliphatic rings. The molecule has 0 saturated heterocycles. The first-order valence-corrected chi connectivity index (χ1v) is 12.1. The summed E-state index contributed by atoms with van der Waals surface area (Å²) in [7, 11) is -5.27. The molecule has 0 aliphatic heterocycles. The fourth-order valence-electron chi connectivity index (χ4n) is 3.73. The molecule has 0 bridgehead atoms. The minimum Gasteiger partial charge on any atom is -0.496 e. The maximum atomic E-state index is 13.4. The van der Waals surface area contributed by atoms with Crippen LogP contribution >= 0.6 is 0 Å². The molecule has 0 atom stereocenters. The summed E-state index contributed by atoms with van der Waals surface area (Å²) in [4.78, 5) is -0.0320. The Hall–Kier alpha value is -2.30. The SMILES string of the molecule is COc1cc(C)c(S(=O)(=O)Nc2c(C)c(S(N)(=O)=O)c(C)c(C)c2OC)c(C)c1C. The molecular formula is C20H28N2O6S2. The monoisotopic (exact) mass is 456 g/mol. The van der Waals surface area contributed by atoms with Gasteiger partial charge in [0, 0.05) is 0 Å². The zero-order chi connectivity index (χ0) is 23.2. The molecule has 0 saturated carbocycles. The minimum absolute atomic E-state index is 0.0388. The Kier molecular flexibility index (Phi) is 6.46. The van der Waals surface area contributed by atoms with Gasteiger partial charge in [0.05, 0.1) is 29.7 Å². The number of nitrogens with one attached hydrogen (secondary N) is 1. The van der Waals surface area contributed by atoms with E-state index >= 15 is 0 Å². The molecule has 30 heavy (non-hydrogen) atoms. The molecule has 0 fully saturated rings. The largest absolute Gasteiger partial charge is 0.496 e. The number of rotatable bonds is 6. The summed E-state index contributed by atoms with van der Waals surface area (Å²) < 4.78 is 64.4. The van der Waals surface area contributed by atoms with Gasteiger partial charge >= 0.3 is 0 Å². The topological polar surface area (TPSA) is 125 Å². The van der Waals surface area contributed by atoms with Crippen molar-refractivity contribution in [1.82, 2.24) is 0 Å². The molecule has 2 rings (SSSR count). The van der Waals surface area contributed by atoms with E-state index in [2.05, 4.69) is 4.72 Å². The number of aryl methyl sites for hydroxylation is 1. The van der Waals surface area contributed by atoms with Gasteiger partial charge in [0.2, 0.25) is 10.0 Å². The molecule has 10 heteroatoms. The van der Waals surface area contributed by atoms with Crippen LogP contribution in [-0.4, -0.2) is 31.1 Å². The Morgan fingerprint density at radius 3 is 1.77 bits per heavy atom. The Balaban J connectivity index is 2.83.